The fraction of sp³-hybridized carbons (Fsp3) is 0.286. The molecule has 0 aromatic heterocycles. The minimum Gasteiger partial charge on any atom is -0.478 e. The van der Waals surface area contributed by atoms with E-state index in [1.165, 1.54) is 0 Å². The second-order valence-electron chi connectivity index (χ2n) is 3.83. The maximum atomic E-state index is 11.7. The van der Waals surface area contributed by atoms with E-state index in [0.717, 1.165) is 24.1 Å². The number of carboxylic acids is 1. The summed E-state index contributed by atoms with van der Waals surface area (Å²) in [6.45, 7) is 3.02. The molecule has 0 radical (unpaired) electrons. The van der Waals surface area contributed by atoms with Crippen molar-refractivity contribution in [3.63, 3.8) is 0 Å². The zero-order valence-corrected chi connectivity index (χ0v) is 10.4. The van der Waals surface area contributed by atoms with Gasteiger partial charge in [0.05, 0.1) is 0 Å². The minimum atomic E-state index is -1.11. The fourth-order valence-electron chi connectivity index (χ4n) is 1.58. The monoisotopic (exact) mass is 247 g/mol. The number of benzene rings is 1. The molecule has 0 unspecified atom stereocenters. The third-order valence-corrected chi connectivity index (χ3v) is 2.58. The molecule has 18 heavy (non-hydrogen) atoms. The molecule has 0 bridgehead atoms. The van der Waals surface area contributed by atoms with Crippen molar-refractivity contribution in [3.8, 4) is 0 Å². The Hall–Kier alpha value is -2.10. The molecule has 96 valence electrons. The Balaban J connectivity index is 2.52. The fourth-order valence-corrected chi connectivity index (χ4v) is 1.58. The van der Waals surface area contributed by atoms with Gasteiger partial charge in [-0.2, -0.15) is 0 Å². The zero-order chi connectivity index (χ0) is 13.4. The average Bonchev–Trinajstić information content (AvgIpc) is 2.38. The predicted octanol–water partition coefficient (Wildman–Crippen LogP) is 1.72. The second kappa shape index (κ2) is 7.27. The van der Waals surface area contributed by atoms with E-state index in [-0.39, 0.29) is 5.91 Å². The topological polar surface area (TPSA) is 57.6 Å². The number of rotatable bonds is 6. The van der Waals surface area contributed by atoms with Gasteiger partial charge in [-0.1, -0.05) is 30.3 Å². The van der Waals surface area contributed by atoms with Gasteiger partial charge in [0.2, 0.25) is 5.91 Å². The Morgan fingerprint density at radius 1 is 1.22 bits per heavy atom. The van der Waals surface area contributed by atoms with Gasteiger partial charge in [0.25, 0.3) is 0 Å². The summed E-state index contributed by atoms with van der Waals surface area (Å²) in [5, 5.41) is 8.47. The number of likely N-dealkylation sites (N-methyl/N-ethyl adjacent to an activating group) is 1. The third kappa shape index (κ3) is 4.82. The molecule has 0 heterocycles. The van der Waals surface area contributed by atoms with Gasteiger partial charge in [0.15, 0.2) is 0 Å². The van der Waals surface area contributed by atoms with E-state index in [1.807, 2.05) is 37.3 Å². The first kappa shape index (κ1) is 14.0. The van der Waals surface area contributed by atoms with E-state index in [4.69, 9.17) is 5.11 Å². The number of hydrogen-bond acceptors (Lipinski definition) is 2. The van der Waals surface area contributed by atoms with Crippen LogP contribution in [-0.4, -0.2) is 35.0 Å². The second-order valence-corrected chi connectivity index (χ2v) is 3.83. The number of nitrogens with zero attached hydrogens (tertiary/aromatic N) is 1. The maximum absolute atomic E-state index is 11.7. The summed E-state index contributed by atoms with van der Waals surface area (Å²) in [6, 6.07) is 9.87. The lowest BCUT2D eigenvalue weighted by atomic mass is 10.1. The summed E-state index contributed by atoms with van der Waals surface area (Å²) in [4.78, 5) is 23.6. The summed E-state index contributed by atoms with van der Waals surface area (Å²) in [5.74, 6) is -1.38. The van der Waals surface area contributed by atoms with Crippen LogP contribution in [0.4, 0.5) is 0 Å². The first-order valence-corrected chi connectivity index (χ1v) is 5.87. The van der Waals surface area contributed by atoms with Gasteiger partial charge >= 0.3 is 5.97 Å². The summed E-state index contributed by atoms with van der Waals surface area (Å²) in [5.41, 5.74) is 1.16. The molecular formula is C14H17NO3. The van der Waals surface area contributed by atoms with Gasteiger partial charge in [-0.3, -0.25) is 4.79 Å². The maximum Gasteiger partial charge on any atom is 0.328 e. The SMILES string of the molecule is CCN(CCc1ccccc1)C(=O)/C=C/C(=O)O. The molecule has 0 aliphatic carbocycles. The molecule has 0 saturated heterocycles. The first-order chi connectivity index (χ1) is 8.63. The van der Waals surface area contributed by atoms with Crippen molar-refractivity contribution < 1.29 is 14.7 Å². The van der Waals surface area contributed by atoms with Crippen LogP contribution in [0.2, 0.25) is 0 Å². The lowest BCUT2D eigenvalue weighted by Gasteiger charge is -2.18. The Morgan fingerprint density at radius 3 is 2.44 bits per heavy atom. The van der Waals surface area contributed by atoms with Crippen LogP contribution in [0.15, 0.2) is 42.5 Å². The highest BCUT2D eigenvalue weighted by Gasteiger charge is 2.08. The standard InChI is InChI=1S/C14H17NO3/c1-2-15(13(16)8-9-14(17)18)11-10-12-6-4-3-5-7-12/h3-9H,2,10-11H2,1H3,(H,17,18)/b9-8+. The number of amides is 1. The van der Waals surface area contributed by atoms with E-state index < -0.39 is 5.97 Å². The molecule has 4 heteroatoms. The first-order valence-electron chi connectivity index (χ1n) is 5.87. The number of carbonyl (C=O) groups is 2. The zero-order valence-electron chi connectivity index (χ0n) is 10.4. The summed E-state index contributed by atoms with van der Waals surface area (Å²) >= 11 is 0. The number of hydrogen-bond donors (Lipinski definition) is 1. The minimum absolute atomic E-state index is 0.268. The normalized spacial score (nSPS) is 10.5. The Kier molecular flexibility index (Phi) is 5.64. The van der Waals surface area contributed by atoms with Crippen molar-refractivity contribution in [2.45, 2.75) is 13.3 Å². The van der Waals surface area contributed by atoms with Crippen molar-refractivity contribution in [1.29, 1.82) is 0 Å². The van der Waals surface area contributed by atoms with Crippen molar-refractivity contribution in [2.75, 3.05) is 13.1 Å². The van der Waals surface area contributed by atoms with Crippen LogP contribution in [0.5, 0.6) is 0 Å². The Morgan fingerprint density at radius 2 is 1.89 bits per heavy atom. The van der Waals surface area contributed by atoms with Crippen LogP contribution in [-0.2, 0) is 16.0 Å². The molecule has 1 amide bonds. The smallest absolute Gasteiger partial charge is 0.328 e. The van der Waals surface area contributed by atoms with Gasteiger partial charge in [-0.25, -0.2) is 4.79 Å². The van der Waals surface area contributed by atoms with Crippen LogP contribution < -0.4 is 0 Å². The average molecular weight is 247 g/mol. The number of aliphatic carboxylic acids is 1. The lowest BCUT2D eigenvalue weighted by molar-refractivity contribution is -0.132. The molecule has 4 nitrogen and oxygen atoms in total. The summed E-state index contributed by atoms with van der Waals surface area (Å²) in [7, 11) is 0. The summed E-state index contributed by atoms with van der Waals surface area (Å²) in [6.07, 6.45) is 2.73. The molecule has 0 fully saturated rings. The van der Waals surface area contributed by atoms with Crippen LogP contribution in [0, 0.1) is 0 Å². The van der Waals surface area contributed by atoms with Gasteiger partial charge in [-0.15, -0.1) is 0 Å². The Labute approximate surface area is 107 Å². The largest absolute Gasteiger partial charge is 0.478 e. The van der Waals surface area contributed by atoms with Crippen LogP contribution in [0.1, 0.15) is 12.5 Å². The van der Waals surface area contributed by atoms with Crippen LogP contribution >= 0.6 is 0 Å². The van der Waals surface area contributed by atoms with E-state index in [2.05, 4.69) is 0 Å². The van der Waals surface area contributed by atoms with Crippen LogP contribution in [0.3, 0.4) is 0 Å². The van der Waals surface area contributed by atoms with Gasteiger partial charge in [-0.05, 0) is 18.9 Å². The molecular weight excluding hydrogens is 230 g/mol. The van der Waals surface area contributed by atoms with Crippen LogP contribution in [0.25, 0.3) is 0 Å². The van der Waals surface area contributed by atoms with Crippen molar-refractivity contribution in [3.05, 3.63) is 48.0 Å². The van der Waals surface area contributed by atoms with E-state index >= 15 is 0 Å². The highest BCUT2D eigenvalue weighted by molar-refractivity contribution is 5.93. The summed E-state index contributed by atoms with van der Waals surface area (Å²) < 4.78 is 0. The third-order valence-electron chi connectivity index (χ3n) is 2.58. The molecule has 0 aliphatic heterocycles. The Bertz CT molecular complexity index is 426. The molecule has 0 aliphatic rings. The highest BCUT2D eigenvalue weighted by atomic mass is 16.4. The van der Waals surface area contributed by atoms with Gasteiger partial charge in [0.1, 0.15) is 0 Å². The van der Waals surface area contributed by atoms with E-state index in [1.54, 1.807) is 4.90 Å². The van der Waals surface area contributed by atoms with Gasteiger partial charge < -0.3 is 10.0 Å². The molecule has 1 N–H and O–H groups in total. The van der Waals surface area contributed by atoms with E-state index in [9.17, 15) is 9.59 Å². The van der Waals surface area contributed by atoms with Gasteiger partial charge in [0, 0.05) is 25.2 Å². The quantitative estimate of drug-likeness (QED) is 0.779. The molecule has 0 saturated carbocycles. The molecule has 1 rings (SSSR count). The lowest BCUT2D eigenvalue weighted by Crippen LogP contribution is -2.31. The molecule has 1 aromatic carbocycles. The highest BCUT2D eigenvalue weighted by Crippen LogP contribution is 2.02. The van der Waals surface area contributed by atoms with Crippen molar-refractivity contribution >= 4 is 11.9 Å². The predicted molar refractivity (Wildman–Crippen MR) is 69.2 cm³/mol. The van der Waals surface area contributed by atoms with Crippen molar-refractivity contribution in [1.82, 2.24) is 4.90 Å². The molecule has 0 atom stereocenters. The number of carbonyl (C=O) groups excluding carboxylic acids is 1. The molecule has 0 spiro atoms. The van der Waals surface area contributed by atoms with E-state index in [0.29, 0.717) is 13.1 Å². The molecule has 1 aromatic rings. The van der Waals surface area contributed by atoms with Crippen molar-refractivity contribution in [2.24, 2.45) is 0 Å². The number of carboxylic acid groups (broad SMARTS) is 1.